The molecular formula is C19H26N2O2. The Labute approximate surface area is 137 Å². The summed E-state index contributed by atoms with van der Waals surface area (Å²) in [5, 5.41) is 11.3. The van der Waals surface area contributed by atoms with Gasteiger partial charge in [-0.25, -0.2) is 0 Å². The van der Waals surface area contributed by atoms with E-state index in [1.165, 1.54) is 27.7 Å². The van der Waals surface area contributed by atoms with Gasteiger partial charge in [0.15, 0.2) is 0 Å². The third-order valence-corrected chi connectivity index (χ3v) is 6.02. The molecule has 2 aliphatic heterocycles. The van der Waals surface area contributed by atoms with E-state index in [0.717, 1.165) is 32.7 Å². The lowest BCUT2D eigenvalue weighted by atomic mass is 9.76. The van der Waals surface area contributed by atoms with Gasteiger partial charge in [0.1, 0.15) is 0 Å². The van der Waals surface area contributed by atoms with Crippen molar-refractivity contribution < 1.29 is 9.84 Å². The molecule has 0 unspecified atom stereocenters. The molecule has 124 valence electrons. The molecule has 1 aromatic heterocycles. The van der Waals surface area contributed by atoms with Gasteiger partial charge in [0.05, 0.1) is 18.7 Å². The van der Waals surface area contributed by atoms with Crippen LogP contribution in [0.25, 0.3) is 10.9 Å². The van der Waals surface area contributed by atoms with Gasteiger partial charge in [-0.15, -0.1) is 0 Å². The number of benzene rings is 1. The van der Waals surface area contributed by atoms with Crippen molar-refractivity contribution in [1.29, 1.82) is 0 Å². The average Bonchev–Trinajstić information content (AvgIpc) is 3.07. The van der Waals surface area contributed by atoms with E-state index >= 15 is 0 Å². The van der Waals surface area contributed by atoms with Crippen molar-refractivity contribution >= 4 is 10.9 Å². The van der Waals surface area contributed by atoms with Crippen LogP contribution in [0.15, 0.2) is 18.2 Å². The molecule has 4 nitrogen and oxygen atoms in total. The van der Waals surface area contributed by atoms with Crippen molar-refractivity contribution in [2.45, 2.75) is 26.8 Å². The SMILES string of the molecule is Cc1[nH]c2c(CN3C[C@@H]4CCOC[C@]4(CO)C3)cccc2c1C. The van der Waals surface area contributed by atoms with Crippen molar-refractivity contribution in [1.82, 2.24) is 9.88 Å². The smallest absolute Gasteiger partial charge is 0.0559 e. The second-order valence-corrected chi connectivity index (χ2v) is 7.44. The number of likely N-dealkylation sites (tertiary alicyclic amines) is 1. The van der Waals surface area contributed by atoms with E-state index in [1.54, 1.807) is 0 Å². The first-order valence-electron chi connectivity index (χ1n) is 8.61. The molecule has 4 rings (SSSR count). The van der Waals surface area contributed by atoms with E-state index in [-0.39, 0.29) is 12.0 Å². The number of aromatic amines is 1. The number of aromatic nitrogens is 1. The zero-order valence-electron chi connectivity index (χ0n) is 14.1. The summed E-state index contributed by atoms with van der Waals surface area (Å²) in [4.78, 5) is 6.05. The summed E-state index contributed by atoms with van der Waals surface area (Å²) in [7, 11) is 0. The maximum absolute atomic E-state index is 9.93. The lowest BCUT2D eigenvalue weighted by molar-refractivity contribution is -0.0561. The molecule has 1 aromatic carbocycles. The number of nitrogens with zero attached hydrogens (tertiary/aromatic N) is 1. The summed E-state index contributed by atoms with van der Waals surface area (Å²) >= 11 is 0. The van der Waals surface area contributed by atoms with E-state index in [9.17, 15) is 5.11 Å². The molecule has 0 amide bonds. The van der Waals surface area contributed by atoms with Gasteiger partial charge < -0.3 is 14.8 Å². The van der Waals surface area contributed by atoms with Gasteiger partial charge in [-0.2, -0.15) is 0 Å². The second kappa shape index (κ2) is 5.62. The number of aliphatic hydroxyl groups excluding tert-OH is 1. The molecule has 2 fully saturated rings. The standard InChI is InChI=1S/C19H26N2O2/c1-13-14(2)20-18-15(4-3-5-17(13)18)8-21-9-16-6-7-23-12-19(16,10-21)11-22/h3-5,16,20,22H,6-12H2,1-2H3/t16-,19+/m0/s1. The van der Waals surface area contributed by atoms with Gasteiger partial charge in [0, 0.05) is 42.7 Å². The zero-order chi connectivity index (χ0) is 16.0. The Morgan fingerprint density at radius 3 is 3.04 bits per heavy atom. The molecule has 2 saturated heterocycles. The van der Waals surface area contributed by atoms with Gasteiger partial charge in [-0.1, -0.05) is 18.2 Å². The van der Waals surface area contributed by atoms with Crippen molar-refractivity contribution in [3.63, 3.8) is 0 Å². The fraction of sp³-hybridized carbons (Fsp3) is 0.579. The van der Waals surface area contributed by atoms with Gasteiger partial charge in [0.25, 0.3) is 0 Å². The number of H-pyrrole nitrogens is 1. The first-order chi connectivity index (χ1) is 11.1. The number of fused-ring (bicyclic) bond motifs is 2. The Morgan fingerprint density at radius 2 is 2.26 bits per heavy atom. The number of hydrogen-bond donors (Lipinski definition) is 2. The van der Waals surface area contributed by atoms with Crippen LogP contribution in [0.1, 0.15) is 23.2 Å². The number of hydrogen-bond acceptors (Lipinski definition) is 3. The monoisotopic (exact) mass is 314 g/mol. The topological polar surface area (TPSA) is 48.5 Å². The first-order valence-corrected chi connectivity index (χ1v) is 8.61. The number of nitrogens with one attached hydrogen (secondary N) is 1. The molecule has 4 heteroatoms. The summed E-state index contributed by atoms with van der Waals surface area (Å²) in [6.45, 7) is 9.04. The summed E-state index contributed by atoms with van der Waals surface area (Å²) in [5.41, 5.74) is 5.17. The molecule has 0 radical (unpaired) electrons. The van der Waals surface area contributed by atoms with Gasteiger partial charge >= 0.3 is 0 Å². The van der Waals surface area contributed by atoms with Crippen molar-refractivity contribution in [2.75, 3.05) is 32.9 Å². The third-order valence-electron chi connectivity index (χ3n) is 6.02. The largest absolute Gasteiger partial charge is 0.396 e. The first kappa shape index (κ1) is 15.2. The van der Waals surface area contributed by atoms with Crippen LogP contribution in [0.3, 0.4) is 0 Å². The van der Waals surface area contributed by atoms with Crippen LogP contribution in [-0.4, -0.2) is 47.9 Å². The molecule has 2 N–H and O–H groups in total. The number of rotatable bonds is 3. The second-order valence-electron chi connectivity index (χ2n) is 7.44. The van der Waals surface area contributed by atoms with Crippen molar-refractivity contribution in [3.8, 4) is 0 Å². The minimum Gasteiger partial charge on any atom is -0.396 e. The van der Waals surface area contributed by atoms with Crippen LogP contribution in [0.2, 0.25) is 0 Å². The van der Waals surface area contributed by atoms with Crippen LogP contribution in [0.4, 0.5) is 0 Å². The lowest BCUT2D eigenvalue weighted by Gasteiger charge is -2.36. The van der Waals surface area contributed by atoms with E-state index in [2.05, 4.69) is 41.9 Å². The highest BCUT2D eigenvalue weighted by Gasteiger charge is 2.47. The van der Waals surface area contributed by atoms with Crippen LogP contribution in [-0.2, 0) is 11.3 Å². The molecule has 0 aliphatic carbocycles. The normalized spacial score (nSPS) is 28.4. The van der Waals surface area contributed by atoms with Crippen molar-refractivity contribution in [2.24, 2.45) is 11.3 Å². The van der Waals surface area contributed by atoms with Crippen LogP contribution in [0, 0.1) is 25.2 Å². The Kier molecular flexibility index (Phi) is 3.71. The number of aryl methyl sites for hydroxylation is 2. The number of para-hydroxylation sites is 1. The summed E-state index contributed by atoms with van der Waals surface area (Å²) < 4.78 is 5.67. The maximum atomic E-state index is 9.93. The quantitative estimate of drug-likeness (QED) is 0.915. The Hall–Kier alpha value is -1.36. The summed E-state index contributed by atoms with van der Waals surface area (Å²) in [6.07, 6.45) is 1.07. The minimum atomic E-state index is -0.0479. The van der Waals surface area contributed by atoms with Gasteiger partial charge in [-0.3, -0.25) is 4.90 Å². The fourth-order valence-corrected chi connectivity index (χ4v) is 4.47. The summed E-state index contributed by atoms with van der Waals surface area (Å²) in [5.74, 6) is 0.563. The Morgan fingerprint density at radius 1 is 1.39 bits per heavy atom. The van der Waals surface area contributed by atoms with E-state index in [0.29, 0.717) is 12.5 Å². The summed E-state index contributed by atoms with van der Waals surface area (Å²) in [6, 6.07) is 6.58. The van der Waals surface area contributed by atoms with Crippen LogP contribution in [0.5, 0.6) is 0 Å². The fourth-order valence-electron chi connectivity index (χ4n) is 4.47. The van der Waals surface area contributed by atoms with E-state index in [1.807, 2.05) is 0 Å². The van der Waals surface area contributed by atoms with E-state index < -0.39 is 0 Å². The van der Waals surface area contributed by atoms with Crippen LogP contribution >= 0.6 is 0 Å². The number of ether oxygens (including phenoxy) is 1. The Balaban J connectivity index is 1.61. The van der Waals surface area contributed by atoms with Crippen molar-refractivity contribution in [3.05, 3.63) is 35.0 Å². The highest BCUT2D eigenvalue weighted by Crippen LogP contribution is 2.41. The minimum absolute atomic E-state index is 0.0479. The molecular weight excluding hydrogens is 288 g/mol. The molecule has 0 saturated carbocycles. The predicted octanol–water partition coefficient (Wildman–Crippen LogP) is 2.62. The third kappa shape index (κ3) is 2.40. The molecule has 2 atom stereocenters. The zero-order valence-corrected chi connectivity index (χ0v) is 14.1. The molecule has 23 heavy (non-hydrogen) atoms. The maximum Gasteiger partial charge on any atom is 0.0559 e. The molecule has 2 aliphatic rings. The molecule has 3 heterocycles. The predicted molar refractivity (Wildman–Crippen MR) is 91.5 cm³/mol. The van der Waals surface area contributed by atoms with E-state index in [4.69, 9.17) is 4.74 Å². The van der Waals surface area contributed by atoms with Gasteiger partial charge in [-0.05, 0) is 37.3 Å². The highest BCUT2D eigenvalue weighted by molar-refractivity contribution is 5.87. The average molecular weight is 314 g/mol. The molecule has 2 aromatic rings. The Bertz CT molecular complexity index is 723. The molecule has 0 spiro atoms. The molecule has 0 bridgehead atoms. The lowest BCUT2D eigenvalue weighted by Crippen LogP contribution is -2.42. The highest BCUT2D eigenvalue weighted by atomic mass is 16.5. The number of aliphatic hydroxyl groups is 1. The van der Waals surface area contributed by atoms with Crippen LogP contribution < -0.4 is 0 Å². The van der Waals surface area contributed by atoms with Gasteiger partial charge in [0.2, 0.25) is 0 Å².